The van der Waals surface area contributed by atoms with Gasteiger partial charge in [0, 0.05) is 31.9 Å². The van der Waals surface area contributed by atoms with Crippen LogP contribution in [0, 0.1) is 5.82 Å². The molecular formula is C28H38FN3O4. The number of ether oxygens (including phenoxy) is 2. The molecule has 3 amide bonds. The molecule has 2 aromatic carbocycles. The number of aryl methyl sites for hydroxylation is 1. The molecule has 0 spiro atoms. The molecule has 0 atom stereocenters. The van der Waals surface area contributed by atoms with Gasteiger partial charge in [0.05, 0.1) is 6.61 Å². The van der Waals surface area contributed by atoms with Crippen LogP contribution in [0.1, 0.15) is 52.0 Å². The molecule has 1 N–H and O–H groups in total. The van der Waals surface area contributed by atoms with E-state index in [1.165, 1.54) is 17.7 Å². The number of amides is 3. The van der Waals surface area contributed by atoms with Gasteiger partial charge in [-0.05, 0) is 82.0 Å². The number of halogens is 1. The van der Waals surface area contributed by atoms with Gasteiger partial charge in [-0.2, -0.15) is 0 Å². The average molecular weight is 500 g/mol. The number of carbonyl (C=O) groups excluding carboxylic acids is 2. The maximum atomic E-state index is 12.9. The topological polar surface area (TPSA) is 71.1 Å². The highest BCUT2D eigenvalue weighted by Gasteiger charge is 2.27. The first kappa shape index (κ1) is 27.3. The summed E-state index contributed by atoms with van der Waals surface area (Å²) in [5.74, 6) is 0.444. The minimum absolute atomic E-state index is 0.158. The van der Waals surface area contributed by atoms with Crippen LogP contribution in [0.4, 0.5) is 19.7 Å². The lowest BCUT2D eigenvalue weighted by molar-refractivity contribution is 0.0174. The summed E-state index contributed by atoms with van der Waals surface area (Å²) < 4.78 is 23.9. The quantitative estimate of drug-likeness (QED) is 0.424. The fourth-order valence-corrected chi connectivity index (χ4v) is 3.88. The monoisotopic (exact) mass is 499 g/mol. The van der Waals surface area contributed by atoms with Crippen LogP contribution in [0.25, 0.3) is 0 Å². The summed E-state index contributed by atoms with van der Waals surface area (Å²) in [5.41, 5.74) is 1.47. The van der Waals surface area contributed by atoms with E-state index in [9.17, 15) is 14.0 Å². The molecule has 8 heteroatoms. The molecule has 2 aromatic rings. The van der Waals surface area contributed by atoms with Crippen molar-refractivity contribution >= 4 is 17.8 Å². The second-order valence-electron chi connectivity index (χ2n) is 10.0. The smallest absolute Gasteiger partial charge is 0.410 e. The van der Waals surface area contributed by atoms with Gasteiger partial charge in [-0.3, -0.25) is 0 Å². The largest absolute Gasteiger partial charge is 0.494 e. The highest BCUT2D eigenvalue weighted by Crippen LogP contribution is 2.16. The number of unbranched alkanes of at least 4 members (excludes halogenated alkanes) is 3. The molecule has 1 heterocycles. The first-order chi connectivity index (χ1) is 17.2. The summed E-state index contributed by atoms with van der Waals surface area (Å²) in [6, 6.07) is 13.9. The Kier molecular flexibility index (Phi) is 9.96. The van der Waals surface area contributed by atoms with Gasteiger partial charge in [0.1, 0.15) is 17.2 Å². The van der Waals surface area contributed by atoms with E-state index in [-0.39, 0.29) is 17.9 Å². The Labute approximate surface area is 213 Å². The third kappa shape index (κ3) is 9.40. The maximum Gasteiger partial charge on any atom is 0.410 e. The van der Waals surface area contributed by atoms with Gasteiger partial charge in [0.2, 0.25) is 0 Å². The van der Waals surface area contributed by atoms with Crippen LogP contribution in [0.2, 0.25) is 0 Å². The standard InChI is InChI=1S/C28H38FN3O4/c1-28(2,3)36-27(34)32-19-17-31(18-20-32)26(33)30-24-13-9-22(10-14-24)8-6-4-5-7-21-35-25-15-11-23(29)12-16-25/h9-16H,4-8,17-21H2,1-3H3,(H,30,33). The van der Waals surface area contributed by atoms with Crippen LogP contribution in [-0.4, -0.2) is 60.3 Å². The summed E-state index contributed by atoms with van der Waals surface area (Å²) in [6.07, 6.45) is 4.89. The highest BCUT2D eigenvalue weighted by molar-refractivity contribution is 5.89. The van der Waals surface area contributed by atoms with Crippen molar-refractivity contribution in [2.24, 2.45) is 0 Å². The fraction of sp³-hybridized carbons (Fsp3) is 0.500. The van der Waals surface area contributed by atoms with E-state index in [2.05, 4.69) is 5.32 Å². The lowest BCUT2D eigenvalue weighted by Gasteiger charge is -2.35. The van der Waals surface area contributed by atoms with Crippen LogP contribution >= 0.6 is 0 Å². The van der Waals surface area contributed by atoms with Crippen LogP contribution in [0.3, 0.4) is 0 Å². The number of nitrogens with one attached hydrogen (secondary N) is 1. The minimum Gasteiger partial charge on any atom is -0.494 e. The predicted octanol–water partition coefficient (Wildman–Crippen LogP) is 6.09. The Balaban J connectivity index is 1.29. The van der Waals surface area contributed by atoms with Crippen molar-refractivity contribution in [1.29, 1.82) is 0 Å². The first-order valence-electron chi connectivity index (χ1n) is 12.7. The zero-order chi connectivity index (χ0) is 26.0. The third-order valence-corrected chi connectivity index (χ3v) is 5.87. The summed E-state index contributed by atoms with van der Waals surface area (Å²) in [4.78, 5) is 28.2. The van der Waals surface area contributed by atoms with Crippen LogP contribution in [-0.2, 0) is 11.2 Å². The Hall–Kier alpha value is -3.29. The van der Waals surface area contributed by atoms with Gasteiger partial charge in [-0.25, -0.2) is 14.0 Å². The summed E-state index contributed by atoms with van der Waals surface area (Å²) >= 11 is 0. The summed E-state index contributed by atoms with van der Waals surface area (Å²) in [6.45, 7) is 8.02. The van der Waals surface area contributed by atoms with Crippen molar-refractivity contribution in [2.45, 2.75) is 58.5 Å². The number of rotatable bonds is 9. The molecule has 7 nitrogen and oxygen atoms in total. The van der Waals surface area contributed by atoms with E-state index in [0.717, 1.165) is 37.8 Å². The van der Waals surface area contributed by atoms with Crippen molar-refractivity contribution in [2.75, 3.05) is 38.1 Å². The normalized spacial score (nSPS) is 13.9. The van der Waals surface area contributed by atoms with Crippen LogP contribution in [0.5, 0.6) is 5.75 Å². The molecule has 36 heavy (non-hydrogen) atoms. The number of urea groups is 1. The number of carbonyl (C=O) groups is 2. The zero-order valence-corrected chi connectivity index (χ0v) is 21.6. The molecular weight excluding hydrogens is 461 g/mol. The fourth-order valence-electron chi connectivity index (χ4n) is 3.88. The average Bonchev–Trinajstić information content (AvgIpc) is 2.84. The second kappa shape index (κ2) is 13.1. The van der Waals surface area contributed by atoms with Gasteiger partial charge in [-0.1, -0.05) is 25.0 Å². The SMILES string of the molecule is CC(C)(C)OC(=O)N1CCN(C(=O)Nc2ccc(CCCCCCOc3ccc(F)cc3)cc2)CC1. The Morgan fingerprint density at radius 3 is 2.11 bits per heavy atom. The zero-order valence-electron chi connectivity index (χ0n) is 21.6. The van der Waals surface area contributed by atoms with E-state index < -0.39 is 5.60 Å². The summed E-state index contributed by atoms with van der Waals surface area (Å²) in [5, 5.41) is 2.95. The molecule has 0 saturated carbocycles. The highest BCUT2D eigenvalue weighted by atomic mass is 19.1. The van der Waals surface area contributed by atoms with Gasteiger partial charge in [0.15, 0.2) is 0 Å². The second-order valence-corrected chi connectivity index (χ2v) is 10.0. The number of hydrogen-bond donors (Lipinski definition) is 1. The van der Waals surface area contributed by atoms with Crippen molar-refractivity contribution in [1.82, 2.24) is 9.80 Å². The van der Waals surface area contributed by atoms with Crippen molar-refractivity contribution in [3.8, 4) is 5.75 Å². The number of benzene rings is 2. The molecule has 0 aliphatic carbocycles. The predicted molar refractivity (Wildman–Crippen MR) is 139 cm³/mol. The number of nitrogens with zero attached hydrogens (tertiary/aromatic N) is 2. The molecule has 0 bridgehead atoms. The molecule has 1 aliphatic heterocycles. The Morgan fingerprint density at radius 1 is 0.861 bits per heavy atom. The van der Waals surface area contributed by atoms with Gasteiger partial charge in [0.25, 0.3) is 0 Å². The van der Waals surface area contributed by atoms with E-state index in [4.69, 9.17) is 9.47 Å². The van der Waals surface area contributed by atoms with Gasteiger partial charge < -0.3 is 24.6 Å². The number of piperazine rings is 1. The first-order valence-corrected chi connectivity index (χ1v) is 12.7. The molecule has 0 unspecified atom stereocenters. The molecule has 1 aliphatic rings. The summed E-state index contributed by atoms with van der Waals surface area (Å²) in [7, 11) is 0. The maximum absolute atomic E-state index is 12.9. The minimum atomic E-state index is -0.529. The van der Waals surface area contributed by atoms with E-state index >= 15 is 0 Å². The third-order valence-electron chi connectivity index (χ3n) is 5.87. The van der Waals surface area contributed by atoms with Crippen LogP contribution in [0.15, 0.2) is 48.5 Å². The Morgan fingerprint density at radius 2 is 1.47 bits per heavy atom. The molecule has 3 rings (SSSR count). The molecule has 1 saturated heterocycles. The molecule has 196 valence electrons. The van der Waals surface area contributed by atoms with Gasteiger partial charge >= 0.3 is 12.1 Å². The lowest BCUT2D eigenvalue weighted by Crippen LogP contribution is -2.52. The van der Waals surface area contributed by atoms with Gasteiger partial charge in [-0.15, -0.1) is 0 Å². The molecule has 1 fully saturated rings. The number of hydrogen-bond acceptors (Lipinski definition) is 4. The Bertz CT molecular complexity index is 966. The van der Waals surface area contributed by atoms with E-state index in [1.807, 2.05) is 45.0 Å². The van der Waals surface area contributed by atoms with Crippen LogP contribution < -0.4 is 10.1 Å². The van der Waals surface area contributed by atoms with Crippen molar-refractivity contribution in [3.63, 3.8) is 0 Å². The van der Waals surface area contributed by atoms with E-state index in [0.29, 0.717) is 38.5 Å². The lowest BCUT2D eigenvalue weighted by atomic mass is 10.1. The van der Waals surface area contributed by atoms with E-state index in [1.54, 1.807) is 21.9 Å². The molecule has 0 radical (unpaired) electrons. The van der Waals surface area contributed by atoms with Crippen molar-refractivity contribution < 1.29 is 23.5 Å². The van der Waals surface area contributed by atoms with Crippen molar-refractivity contribution in [3.05, 3.63) is 59.9 Å². The number of anilines is 1. The molecule has 0 aromatic heterocycles.